The molecule has 2 fully saturated rings. The molecule has 12 heteroatoms. The fourth-order valence-corrected chi connectivity index (χ4v) is 11.8. The predicted molar refractivity (Wildman–Crippen MR) is 282 cm³/mol. The highest BCUT2D eigenvalue weighted by Crippen LogP contribution is 2.32. The number of nitrogens with one attached hydrogen (secondary N) is 3. The molecule has 1 saturated heterocycles. The van der Waals surface area contributed by atoms with Gasteiger partial charge in [-0.05, 0) is 86.1 Å². The molecule has 1 aliphatic heterocycles. The Kier molecular flexibility index (Phi) is 27.6. The van der Waals surface area contributed by atoms with Crippen LogP contribution in [0.5, 0.6) is 0 Å². The summed E-state index contributed by atoms with van der Waals surface area (Å²) < 4.78 is 0.872. The van der Waals surface area contributed by atoms with E-state index in [-0.39, 0.29) is 64.6 Å². The maximum Gasteiger partial charge on any atom is 0.243 e. The molecule has 1 aliphatic carbocycles. The third kappa shape index (κ3) is 21.5. The number of carbonyl (C=O) groups excluding carboxylic acids is 4. The van der Waals surface area contributed by atoms with E-state index < -0.39 is 6.04 Å². The summed E-state index contributed by atoms with van der Waals surface area (Å²) in [5.41, 5.74) is 4.05. The molecule has 0 spiro atoms. The second-order valence-corrected chi connectivity index (χ2v) is 24.0. The van der Waals surface area contributed by atoms with Gasteiger partial charge in [0.15, 0.2) is 0 Å². The lowest BCUT2D eigenvalue weighted by Crippen LogP contribution is -2.53. The van der Waals surface area contributed by atoms with Gasteiger partial charge >= 0.3 is 0 Å². The van der Waals surface area contributed by atoms with E-state index in [9.17, 15) is 19.2 Å². The molecule has 1 aromatic carbocycles. The van der Waals surface area contributed by atoms with Crippen molar-refractivity contribution in [1.29, 1.82) is 0 Å². The van der Waals surface area contributed by atoms with Crippen molar-refractivity contribution in [3.05, 3.63) is 84.7 Å². The molecule has 2 aliphatic rings. The van der Waals surface area contributed by atoms with Crippen molar-refractivity contribution < 1.29 is 19.2 Å². The molecule has 65 heavy (non-hydrogen) atoms. The van der Waals surface area contributed by atoms with E-state index >= 15 is 0 Å². The third-order valence-corrected chi connectivity index (χ3v) is 16.8. The summed E-state index contributed by atoms with van der Waals surface area (Å²) >= 11 is 5.88. The number of hydrogen-bond donors (Lipinski definition) is 3. The minimum atomic E-state index is -0.616. The topological polar surface area (TPSA) is 121 Å². The van der Waals surface area contributed by atoms with Crippen LogP contribution in [0.15, 0.2) is 62.3 Å². The molecule has 4 amide bonds. The van der Waals surface area contributed by atoms with Crippen LogP contribution in [0.3, 0.4) is 0 Å². The molecular formula is C53H85N5O4S3. The molecule has 0 radical (unpaired) electrons. The molecule has 4 rings (SSSR count). The van der Waals surface area contributed by atoms with Crippen LogP contribution in [-0.2, 0) is 32.1 Å². The summed E-state index contributed by atoms with van der Waals surface area (Å²) in [4.78, 5) is 61.3. The Morgan fingerprint density at radius 1 is 0.954 bits per heavy atom. The van der Waals surface area contributed by atoms with Crippen molar-refractivity contribution >= 4 is 65.0 Å². The molecular weight excluding hydrogens is 867 g/mol. The minimum absolute atomic E-state index is 0.00799. The first-order chi connectivity index (χ1) is 30.9. The van der Waals surface area contributed by atoms with Crippen LogP contribution in [0.1, 0.15) is 136 Å². The van der Waals surface area contributed by atoms with Gasteiger partial charge in [-0.25, -0.2) is 0 Å². The monoisotopic (exact) mass is 952 g/mol. The highest BCUT2D eigenvalue weighted by Gasteiger charge is 2.36. The van der Waals surface area contributed by atoms with Gasteiger partial charge in [-0.1, -0.05) is 124 Å². The van der Waals surface area contributed by atoms with E-state index in [1.54, 1.807) is 29.9 Å². The fraction of sp³-hybridized carbons (Fsp3) is 0.642. The molecule has 364 valence electrons. The van der Waals surface area contributed by atoms with E-state index in [0.29, 0.717) is 37.5 Å². The van der Waals surface area contributed by atoms with Gasteiger partial charge in [0, 0.05) is 51.8 Å². The van der Waals surface area contributed by atoms with Gasteiger partial charge in [-0.15, -0.1) is 36.7 Å². The predicted octanol–water partition coefficient (Wildman–Crippen LogP) is 11.2. The van der Waals surface area contributed by atoms with Gasteiger partial charge in [0.05, 0.1) is 24.7 Å². The van der Waals surface area contributed by atoms with Gasteiger partial charge in [-0.3, -0.25) is 24.2 Å². The van der Waals surface area contributed by atoms with Crippen molar-refractivity contribution in [2.75, 3.05) is 30.9 Å². The van der Waals surface area contributed by atoms with E-state index in [1.165, 1.54) is 30.8 Å². The van der Waals surface area contributed by atoms with Crippen LogP contribution in [0.4, 0.5) is 0 Å². The van der Waals surface area contributed by atoms with Crippen molar-refractivity contribution in [1.82, 2.24) is 25.8 Å². The summed E-state index contributed by atoms with van der Waals surface area (Å²) in [5, 5.41) is 9.29. The molecule has 5 atom stereocenters. The van der Waals surface area contributed by atoms with Crippen molar-refractivity contribution in [2.24, 2.45) is 29.6 Å². The number of aromatic nitrogens is 1. The Hall–Kier alpha value is -3.22. The van der Waals surface area contributed by atoms with Crippen molar-refractivity contribution in [2.45, 2.75) is 154 Å². The number of hydrogen-bond acceptors (Lipinski definition) is 8. The fourth-order valence-electron chi connectivity index (χ4n) is 8.48. The normalized spacial score (nSPS) is 16.6. The highest BCUT2D eigenvalue weighted by molar-refractivity contribution is 8.20. The maximum atomic E-state index is 14.3. The number of thioether (sulfide) groups is 3. The molecule has 2 aromatic rings. The zero-order chi connectivity index (χ0) is 48.5. The zero-order valence-corrected chi connectivity index (χ0v) is 44.2. The minimum Gasteiger partial charge on any atom is -0.352 e. The number of pyridine rings is 1. The molecule has 2 heterocycles. The Labute approximate surface area is 407 Å². The first-order valence-corrected chi connectivity index (χ1v) is 27.1. The van der Waals surface area contributed by atoms with Gasteiger partial charge in [0.2, 0.25) is 23.6 Å². The maximum absolute atomic E-state index is 14.3. The lowest BCUT2D eigenvalue weighted by Gasteiger charge is -2.35. The van der Waals surface area contributed by atoms with Crippen LogP contribution in [0, 0.1) is 36.5 Å². The summed E-state index contributed by atoms with van der Waals surface area (Å²) in [5.74, 6) is 2.70. The van der Waals surface area contributed by atoms with Gasteiger partial charge in [-0.2, -0.15) is 11.8 Å². The van der Waals surface area contributed by atoms with Gasteiger partial charge in [0.25, 0.3) is 0 Å². The van der Waals surface area contributed by atoms with Crippen LogP contribution >= 0.6 is 35.3 Å². The zero-order valence-electron chi connectivity index (χ0n) is 41.7. The molecule has 3 N–H and O–H groups in total. The average molecular weight is 952 g/mol. The van der Waals surface area contributed by atoms with Crippen LogP contribution in [0.25, 0.3) is 6.08 Å². The van der Waals surface area contributed by atoms with Crippen LogP contribution in [0.2, 0.25) is 0 Å². The summed E-state index contributed by atoms with van der Waals surface area (Å²) in [6.07, 6.45) is 12.9. The number of rotatable bonds is 22. The molecule has 0 bridgehead atoms. The highest BCUT2D eigenvalue weighted by atomic mass is 32.2. The number of carbonyl (C=O) groups is 4. The van der Waals surface area contributed by atoms with Crippen LogP contribution in [-0.4, -0.2) is 85.8 Å². The second-order valence-electron chi connectivity index (χ2n) is 18.9. The number of amides is 4. The quantitative estimate of drug-likeness (QED) is 0.0998. The summed E-state index contributed by atoms with van der Waals surface area (Å²) in [6.45, 7) is 29.1. The summed E-state index contributed by atoms with van der Waals surface area (Å²) in [7, 11) is 1.75. The van der Waals surface area contributed by atoms with Gasteiger partial charge in [0.1, 0.15) is 6.04 Å². The Morgan fingerprint density at radius 2 is 1.63 bits per heavy atom. The van der Waals surface area contributed by atoms with E-state index in [1.807, 2.05) is 50.3 Å². The number of likely N-dealkylation sites (N-methyl/N-ethyl adjacent to an activating group) is 1. The Balaban J connectivity index is 0.00000165. The summed E-state index contributed by atoms with van der Waals surface area (Å²) in [6, 6.07) is 11.0. The first kappa shape index (κ1) is 57.9. The molecule has 2 unspecified atom stereocenters. The lowest BCUT2D eigenvalue weighted by molar-refractivity contribution is -0.145. The molecule has 1 saturated carbocycles. The molecule has 9 nitrogen and oxygen atoms in total. The largest absolute Gasteiger partial charge is 0.352 e. The van der Waals surface area contributed by atoms with E-state index in [2.05, 4.69) is 119 Å². The smallest absolute Gasteiger partial charge is 0.243 e. The van der Waals surface area contributed by atoms with Crippen molar-refractivity contribution in [3.63, 3.8) is 0 Å². The number of benzene rings is 1. The average Bonchev–Trinajstić information content (AvgIpc) is 3.78. The van der Waals surface area contributed by atoms with Crippen molar-refractivity contribution in [3.8, 4) is 0 Å². The number of nitrogens with zero attached hydrogens (tertiary/aromatic N) is 2. The lowest BCUT2D eigenvalue weighted by atomic mass is 9.82. The van der Waals surface area contributed by atoms with E-state index in [4.69, 9.17) is 0 Å². The van der Waals surface area contributed by atoms with Gasteiger partial charge < -0.3 is 20.9 Å². The van der Waals surface area contributed by atoms with Crippen LogP contribution < -0.4 is 16.0 Å². The Morgan fingerprint density at radius 3 is 2.18 bits per heavy atom. The Bertz CT molecular complexity index is 1730. The molecule has 1 aromatic heterocycles. The first-order valence-electron chi connectivity index (χ1n) is 24.0. The SMILES string of the molecule is C=C.C=Cc1cccc(C[C@H](CSC(C)(C)C)C(=O)NCC(=O)N[C@H](CCC(C(=O)N(C)C(C(=O)NCc2ccccn2)[C@H](C)CC)C(C)C)CC2CCCCC2)c1C.CC1SCCS1. The van der Waals surface area contributed by atoms with E-state index in [0.717, 1.165) is 52.6 Å². The third-order valence-electron chi connectivity index (χ3n) is 12.5. The second kappa shape index (κ2) is 30.9. The standard InChI is InChI=1S/C47H73N5O4S.C4H8S2.C2H4/c1-11-33(5)43(45(55)49-29-40-23-16-17-26-48-40)52(10)46(56)41(32(3)4)25-24-39(27-35-19-14-13-15-20-35)51-42(53)30-50-44(54)38(31-57-47(7,8)9)28-37-22-18-21-36(12-2)34(37)6;1-4-5-2-3-6-4;1-2/h12,16-18,21-23,26,32-33,35,38-39,41,43H,2,11,13-15,19-20,24-25,27-31H2,1,3-10H3,(H,49,55)(H,50,54)(H,51,53);4H,2-3H2,1H3;1-2H2/t33-,38-,39-,41?,43?;;/m1../s1.